The van der Waals surface area contributed by atoms with Crippen molar-refractivity contribution >= 4 is 23.4 Å². The lowest BCUT2D eigenvalue weighted by molar-refractivity contribution is 0.0601. The molecule has 1 aliphatic rings. The molecule has 0 amide bonds. The molecule has 1 saturated carbocycles. The van der Waals surface area contributed by atoms with E-state index in [9.17, 15) is 9.90 Å². The molecule has 20 heavy (non-hydrogen) atoms. The van der Waals surface area contributed by atoms with Gasteiger partial charge in [0.2, 0.25) is 5.28 Å². The van der Waals surface area contributed by atoms with E-state index >= 15 is 0 Å². The van der Waals surface area contributed by atoms with E-state index in [1.165, 1.54) is 13.3 Å². The van der Waals surface area contributed by atoms with Gasteiger partial charge in [0.05, 0.1) is 13.2 Å². The average molecular weight is 300 g/mol. The summed E-state index contributed by atoms with van der Waals surface area (Å²) in [5.41, 5.74) is 0.271. The van der Waals surface area contributed by atoms with Gasteiger partial charge >= 0.3 is 5.97 Å². The average Bonchev–Trinajstić information content (AvgIpc) is 2.46. The number of esters is 1. The smallest absolute Gasteiger partial charge is 0.343 e. The second-order valence-corrected chi connectivity index (χ2v) is 5.29. The van der Waals surface area contributed by atoms with E-state index in [0.717, 1.165) is 25.7 Å². The zero-order chi connectivity index (χ0) is 14.5. The number of carbonyl (C=O) groups is 1. The molecule has 0 saturated heterocycles. The molecule has 1 aliphatic carbocycles. The minimum absolute atomic E-state index is 0.0826. The second-order valence-electron chi connectivity index (χ2n) is 4.95. The highest BCUT2D eigenvalue weighted by molar-refractivity contribution is 6.28. The van der Waals surface area contributed by atoms with Gasteiger partial charge in [0.1, 0.15) is 11.4 Å². The van der Waals surface area contributed by atoms with E-state index < -0.39 is 5.97 Å². The molecule has 2 rings (SSSR count). The second kappa shape index (κ2) is 6.85. The van der Waals surface area contributed by atoms with Gasteiger partial charge in [-0.05, 0) is 43.2 Å². The van der Waals surface area contributed by atoms with Crippen LogP contribution in [-0.4, -0.2) is 40.8 Å². The summed E-state index contributed by atoms with van der Waals surface area (Å²) in [5, 5.41) is 12.7. The Morgan fingerprint density at radius 1 is 1.50 bits per heavy atom. The van der Waals surface area contributed by atoms with Crippen molar-refractivity contribution in [3.8, 4) is 0 Å². The number of aliphatic hydroxyl groups excluding tert-OH is 1. The predicted octanol–water partition coefficient (Wildman–Crippen LogP) is 1.88. The van der Waals surface area contributed by atoms with Crippen molar-refractivity contribution in [2.24, 2.45) is 5.92 Å². The number of nitrogens with one attached hydrogen (secondary N) is 1. The van der Waals surface area contributed by atoms with Gasteiger partial charge in [-0.3, -0.25) is 0 Å². The number of rotatable bonds is 4. The molecule has 1 heterocycles. The van der Waals surface area contributed by atoms with E-state index in [4.69, 9.17) is 11.6 Å². The number of anilines is 1. The number of carbonyl (C=O) groups excluding carboxylic acids is 1. The van der Waals surface area contributed by atoms with Crippen LogP contribution in [0.2, 0.25) is 5.28 Å². The number of hydrogen-bond donors (Lipinski definition) is 2. The maximum atomic E-state index is 11.6. The Balaban J connectivity index is 2.01. The Morgan fingerprint density at radius 2 is 2.20 bits per heavy atom. The Kier molecular flexibility index (Phi) is 5.14. The van der Waals surface area contributed by atoms with Crippen molar-refractivity contribution in [2.75, 3.05) is 19.0 Å². The van der Waals surface area contributed by atoms with E-state index in [-0.39, 0.29) is 17.0 Å². The first-order chi connectivity index (χ1) is 9.60. The minimum atomic E-state index is -0.497. The molecule has 0 atom stereocenters. The van der Waals surface area contributed by atoms with Crippen molar-refractivity contribution in [2.45, 2.75) is 31.8 Å². The van der Waals surface area contributed by atoms with Gasteiger partial charge in [-0.15, -0.1) is 0 Å². The number of nitrogens with zero attached hydrogens (tertiary/aromatic N) is 2. The molecular formula is C13H18ClN3O3. The monoisotopic (exact) mass is 299 g/mol. The zero-order valence-corrected chi connectivity index (χ0v) is 12.1. The van der Waals surface area contributed by atoms with Gasteiger partial charge in [-0.25, -0.2) is 9.78 Å². The number of halogens is 1. The molecule has 0 unspecified atom stereocenters. The molecule has 0 spiro atoms. The van der Waals surface area contributed by atoms with E-state index in [1.807, 2.05) is 0 Å². The molecule has 0 bridgehead atoms. The van der Waals surface area contributed by atoms with Crippen LogP contribution >= 0.6 is 11.6 Å². The summed E-state index contributed by atoms with van der Waals surface area (Å²) in [7, 11) is 1.31. The lowest BCUT2D eigenvalue weighted by atomic mass is 9.87. The summed E-state index contributed by atoms with van der Waals surface area (Å²) in [6.45, 7) is 0.685. The van der Waals surface area contributed by atoms with Gasteiger partial charge in [0, 0.05) is 12.7 Å². The third kappa shape index (κ3) is 3.80. The maximum Gasteiger partial charge on any atom is 0.343 e. The first-order valence-electron chi connectivity index (χ1n) is 6.63. The number of hydrogen-bond acceptors (Lipinski definition) is 6. The summed E-state index contributed by atoms with van der Waals surface area (Å²) < 4.78 is 4.69. The number of ether oxygens (including phenoxy) is 1. The molecule has 1 aromatic rings. The van der Waals surface area contributed by atoms with Gasteiger partial charge in [0.15, 0.2) is 0 Å². The molecule has 110 valence electrons. The highest BCUT2D eigenvalue weighted by Crippen LogP contribution is 2.25. The molecule has 1 fully saturated rings. The van der Waals surface area contributed by atoms with Crippen molar-refractivity contribution in [1.82, 2.24) is 9.97 Å². The Hall–Kier alpha value is -1.40. The van der Waals surface area contributed by atoms with Gasteiger partial charge in [-0.2, -0.15) is 4.98 Å². The lowest BCUT2D eigenvalue weighted by Gasteiger charge is -2.25. The molecule has 6 nitrogen and oxygen atoms in total. The highest BCUT2D eigenvalue weighted by atomic mass is 35.5. The molecule has 0 aromatic carbocycles. The van der Waals surface area contributed by atoms with Crippen LogP contribution in [0.4, 0.5) is 5.82 Å². The Bertz CT molecular complexity index is 476. The maximum absolute atomic E-state index is 11.6. The van der Waals surface area contributed by atoms with Gasteiger partial charge in [0.25, 0.3) is 0 Å². The van der Waals surface area contributed by atoms with Gasteiger partial charge < -0.3 is 15.2 Å². The number of aromatic nitrogens is 2. The fourth-order valence-electron chi connectivity index (χ4n) is 2.34. The number of methoxy groups -OCH3 is 1. The fourth-order valence-corrected chi connectivity index (χ4v) is 2.48. The molecular weight excluding hydrogens is 282 g/mol. The largest absolute Gasteiger partial charge is 0.465 e. The van der Waals surface area contributed by atoms with Crippen molar-refractivity contribution in [3.05, 3.63) is 17.0 Å². The van der Waals surface area contributed by atoms with Crippen molar-refractivity contribution in [3.63, 3.8) is 0 Å². The van der Waals surface area contributed by atoms with E-state index in [0.29, 0.717) is 18.3 Å². The topological polar surface area (TPSA) is 84.3 Å². The standard InChI is InChI=1S/C13H18ClN3O3/c1-20-12(19)10-7-16-13(14)17-11(10)15-6-8-2-4-9(18)5-3-8/h7-9,18H,2-6H2,1H3,(H,15,16,17). The van der Waals surface area contributed by atoms with Crippen LogP contribution in [0.25, 0.3) is 0 Å². The van der Waals surface area contributed by atoms with Crippen LogP contribution < -0.4 is 5.32 Å². The minimum Gasteiger partial charge on any atom is -0.465 e. The third-order valence-electron chi connectivity index (χ3n) is 3.54. The zero-order valence-electron chi connectivity index (χ0n) is 11.3. The van der Waals surface area contributed by atoms with E-state index in [1.54, 1.807) is 0 Å². The van der Waals surface area contributed by atoms with Crippen molar-refractivity contribution in [1.29, 1.82) is 0 Å². The fraction of sp³-hybridized carbons (Fsp3) is 0.615. The molecule has 1 aromatic heterocycles. The summed E-state index contributed by atoms with van der Waals surface area (Å²) in [5.74, 6) is 0.351. The first kappa shape index (κ1) is 15.0. The Labute approximate surface area is 122 Å². The number of aliphatic hydroxyl groups is 1. The Morgan fingerprint density at radius 3 is 2.85 bits per heavy atom. The summed E-state index contributed by atoms with van der Waals surface area (Å²) in [6, 6.07) is 0. The first-order valence-corrected chi connectivity index (χ1v) is 7.00. The third-order valence-corrected chi connectivity index (χ3v) is 3.72. The quantitative estimate of drug-likeness (QED) is 0.652. The van der Waals surface area contributed by atoms with Crippen LogP contribution in [0.1, 0.15) is 36.0 Å². The normalized spacial score (nSPS) is 22.4. The lowest BCUT2D eigenvalue weighted by Crippen LogP contribution is -2.24. The summed E-state index contributed by atoms with van der Waals surface area (Å²) in [4.78, 5) is 19.4. The molecule has 0 radical (unpaired) electrons. The predicted molar refractivity (Wildman–Crippen MR) is 74.8 cm³/mol. The molecule has 2 N–H and O–H groups in total. The van der Waals surface area contributed by atoms with Gasteiger partial charge in [-0.1, -0.05) is 0 Å². The summed E-state index contributed by atoms with van der Waals surface area (Å²) >= 11 is 5.76. The van der Waals surface area contributed by atoms with Crippen LogP contribution in [0.3, 0.4) is 0 Å². The van der Waals surface area contributed by atoms with Crippen LogP contribution in [-0.2, 0) is 4.74 Å². The van der Waals surface area contributed by atoms with Crippen LogP contribution in [0.5, 0.6) is 0 Å². The molecule has 0 aliphatic heterocycles. The van der Waals surface area contributed by atoms with Crippen LogP contribution in [0.15, 0.2) is 6.20 Å². The summed E-state index contributed by atoms with van der Waals surface area (Å²) in [6.07, 6.45) is 4.74. The van der Waals surface area contributed by atoms with Crippen LogP contribution in [0, 0.1) is 5.92 Å². The highest BCUT2D eigenvalue weighted by Gasteiger charge is 2.21. The molecule has 7 heteroatoms. The SMILES string of the molecule is COC(=O)c1cnc(Cl)nc1NCC1CCC(O)CC1. The van der Waals surface area contributed by atoms with Crippen molar-refractivity contribution < 1.29 is 14.6 Å². The van der Waals surface area contributed by atoms with E-state index in [2.05, 4.69) is 20.0 Å².